The van der Waals surface area contributed by atoms with Gasteiger partial charge in [-0.3, -0.25) is 0 Å². The van der Waals surface area contributed by atoms with Gasteiger partial charge in [-0.1, -0.05) is 125 Å². The van der Waals surface area contributed by atoms with Gasteiger partial charge in [0.25, 0.3) is 0 Å². The Morgan fingerprint density at radius 1 is 0.386 bits per heavy atom. The summed E-state index contributed by atoms with van der Waals surface area (Å²) in [5, 5.41) is 0. The lowest BCUT2D eigenvalue weighted by molar-refractivity contribution is 0.660. The van der Waals surface area contributed by atoms with Crippen molar-refractivity contribution in [3.63, 3.8) is 0 Å². The second-order valence-electron chi connectivity index (χ2n) is 13.5. The van der Waals surface area contributed by atoms with Gasteiger partial charge in [-0.05, 0) is 105 Å². The summed E-state index contributed by atoms with van der Waals surface area (Å²) >= 11 is 0. The lowest BCUT2D eigenvalue weighted by Crippen LogP contribution is -2.17. The highest BCUT2D eigenvalue weighted by molar-refractivity contribution is 5.89. The second-order valence-corrected chi connectivity index (χ2v) is 13.5. The number of hydrogen-bond acceptors (Lipinski definition) is 1. The first-order valence-corrected chi connectivity index (χ1v) is 15.7. The molecule has 6 aromatic rings. The average molecular weight is 568 g/mol. The van der Waals surface area contributed by atoms with Gasteiger partial charge in [-0.15, -0.1) is 0 Å². The standard InChI is InChI=1S/C43H37N/c1-28-12-6-7-13-33(28)29-18-20-30(21-19-29)44(31-23-25-40-37(26-31)35-15-9-11-17-39(35)42(40,2)3)32-22-24-36-34-14-8-10-16-38(34)43(4,5)41(36)27-32/h6-27H,1-5H3. The van der Waals surface area contributed by atoms with Gasteiger partial charge in [0, 0.05) is 27.9 Å². The summed E-state index contributed by atoms with van der Waals surface area (Å²) in [6.45, 7) is 11.6. The Kier molecular flexibility index (Phi) is 5.81. The van der Waals surface area contributed by atoms with Crippen molar-refractivity contribution < 1.29 is 0 Å². The van der Waals surface area contributed by atoms with Crippen LogP contribution in [0.2, 0.25) is 0 Å². The molecule has 0 bridgehead atoms. The van der Waals surface area contributed by atoms with E-state index in [2.05, 4.69) is 173 Å². The van der Waals surface area contributed by atoms with Crippen LogP contribution in [0.3, 0.4) is 0 Å². The van der Waals surface area contributed by atoms with Gasteiger partial charge >= 0.3 is 0 Å². The van der Waals surface area contributed by atoms with E-state index in [1.165, 1.54) is 72.6 Å². The van der Waals surface area contributed by atoms with Crippen LogP contribution in [0, 0.1) is 6.92 Å². The number of hydrogen-bond donors (Lipinski definition) is 0. The number of anilines is 3. The first-order chi connectivity index (χ1) is 21.2. The third-order valence-electron chi connectivity index (χ3n) is 10.2. The maximum Gasteiger partial charge on any atom is 0.0468 e. The number of benzene rings is 6. The fourth-order valence-electron chi connectivity index (χ4n) is 7.81. The predicted molar refractivity (Wildman–Crippen MR) is 186 cm³/mol. The Hall–Kier alpha value is -4.88. The summed E-state index contributed by atoms with van der Waals surface area (Å²) in [5.41, 5.74) is 18.2. The van der Waals surface area contributed by atoms with E-state index in [0.29, 0.717) is 0 Å². The number of rotatable bonds is 4. The molecule has 2 aliphatic rings. The topological polar surface area (TPSA) is 3.24 Å². The molecule has 0 saturated heterocycles. The van der Waals surface area contributed by atoms with Gasteiger partial charge in [0.2, 0.25) is 0 Å². The summed E-state index contributed by atoms with van der Waals surface area (Å²) < 4.78 is 0. The third-order valence-corrected chi connectivity index (χ3v) is 10.2. The van der Waals surface area contributed by atoms with Crippen molar-refractivity contribution >= 4 is 17.1 Å². The highest BCUT2D eigenvalue weighted by Gasteiger charge is 2.37. The van der Waals surface area contributed by atoms with E-state index in [4.69, 9.17) is 0 Å². The molecule has 1 nitrogen and oxygen atoms in total. The highest BCUT2D eigenvalue weighted by atomic mass is 15.1. The van der Waals surface area contributed by atoms with Gasteiger partial charge in [-0.2, -0.15) is 0 Å². The lowest BCUT2D eigenvalue weighted by atomic mass is 9.82. The average Bonchev–Trinajstić information content (AvgIpc) is 3.41. The monoisotopic (exact) mass is 567 g/mol. The van der Waals surface area contributed by atoms with Crippen LogP contribution in [0.1, 0.15) is 55.5 Å². The molecule has 0 fully saturated rings. The predicted octanol–water partition coefficient (Wildman–Crippen LogP) is 11.7. The number of fused-ring (bicyclic) bond motifs is 6. The fraction of sp³-hybridized carbons (Fsp3) is 0.163. The van der Waals surface area contributed by atoms with Crippen LogP contribution in [0.15, 0.2) is 133 Å². The van der Waals surface area contributed by atoms with Crippen molar-refractivity contribution in [3.05, 3.63) is 161 Å². The molecule has 0 amide bonds. The largest absolute Gasteiger partial charge is 0.310 e. The first-order valence-electron chi connectivity index (χ1n) is 15.7. The molecule has 6 aromatic carbocycles. The first kappa shape index (κ1) is 26.7. The van der Waals surface area contributed by atoms with E-state index in [9.17, 15) is 0 Å². The van der Waals surface area contributed by atoms with Gasteiger partial charge in [-0.25, -0.2) is 0 Å². The van der Waals surface area contributed by atoms with Gasteiger partial charge in [0.1, 0.15) is 0 Å². The Morgan fingerprint density at radius 2 is 0.864 bits per heavy atom. The van der Waals surface area contributed by atoms with E-state index in [0.717, 1.165) is 5.69 Å². The van der Waals surface area contributed by atoms with Crippen LogP contribution in [-0.4, -0.2) is 0 Å². The normalized spacial score (nSPS) is 14.8. The Morgan fingerprint density at radius 3 is 1.55 bits per heavy atom. The van der Waals surface area contributed by atoms with E-state index in [1.54, 1.807) is 0 Å². The molecule has 0 radical (unpaired) electrons. The maximum absolute atomic E-state index is 2.44. The molecule has 44 heavy (non-hydrogen) atoms. The van der Waals surface area contributed by atoms with Crippen molar-refractivity contribution in [2.45, 2.75) is 45.4 Å². The number of aryl methyl sites for hydroxylation is 1. The summed E-state index contributed by atoms with van der Waals surface area (Å²) in [5.74, 6) is 0. The van der Waals surface area contributed by atoms with E-state index in [1.807, 2.05) is 0 Å². The van der Waals surface area contributed by atoms with E-state index in [-0.39, 0.29) is 10.8 Å². The molecule has 0 N–H and O–H groups in total. The molecule has 0 spiro atoms. The highest BCUT2D eigenvalue weighted by Crippen LogP contribution is 2.53. The maximum atomic E-state index is 2.44. The van der Waals surface area contributed by atoms with Crippen LogP contribution in [0.25, 0.3) is 33.4 Å². The third kappa shape index (κ3) is 3.85. The Labute approximate surface area is 261 Å². The SMILES string of the molecule is Cc1ccccc1-c1ccc(N(c2ccc3c(c2)-c2ccccc2C3(C)C)c2ccc3c(c2)C(C)(C)c2ccccc2-3)cc1. The van der Waals surface area contributed by atoms with Crippen LogP contribution in [0.4, 0.5) is 17.1 Å². The van der Waals surface area contributed by atoms with Crippen molar-refractivity contribution in [1.29, 1.82) is 0 Å². The van der Waals surface area contributed by atoms with Gasteiger partial charge in [0.05, 0.1) is 0 Å². The molecule has 0 saturated carbocycles. The number of nitrogens with zero attached hydrogens (tertiary/aromatic N) is 1. The van der Waals surface area contributed by atoms with Gasteiger partial charge < -0.3 is 4.90 Å². The van der Waals surface area contributed by atoms with Crippen molar-refractivity contribution in [2.75, 3.05) is 4.90 Å². The van der Waals surface area contributed by atoms with Crippen LogP contribution >= 0.6 is 0 Å². The summed E-state index contributed by atoms with van der Waals surface area (Å²) in [6, 6.07) is 49.6. The zero-order valence-corrected chi connectivity index (χ0v) is 26.1. The molecule has 1 heteroatoms. The second kappa shape index (κ2) is 9.56. The van der Waals surface area contributed by atoms with Crippen molar-refractivity contribution in [2.24, 2.45) is 0 Å². The zero-order valence-electron chi connectivity index (χ0n) is 26.1. The summed E-state index contributed by atoms with van der Waals surface area (Å²) in [6.07, 6.45) is 0. The molecule has 214 valence electrons. The molecule has 2 aliphatic carbocycles. The molecule has 8 rings (SSSR count). The molecule has 0 atom stereocenters. The Bertz CT molecular complexity index is 2080. The smallest absolute Gasteiger partial charge is 0.0468 e. The molecule has 0 aromatic heterocycles. The quantitative estimate of drug-likeness (QED) is 0.205. The van der Waals surface area contributed by atoms with E-state index >= 15 is 0 Å². The van der Waals surface area contributed by atoms with Crippen molar-refractivity contribution in [3.8, 4) is 33.4 Å². The van der Waals surface area contributed by atoms with E-state index < -0.39 is 0 Å². The molecular weight excluding hydrogens is 530 g/mol. The van der Waals surface area contributed by atoms with Crippen LogP contribution < -0.4 is 4.90 Å². The zero-order chi connectivity index (χ0) is 30.2. The van der Waals surface area contributed by atoms with Gasteiger partial charge in [0.15, 0.2) is 0 Å². The van der Waals surface area contributed by atoms with Crippen LogP contribution in [0.5, 0.6) is 0 Å². The minimum Gasteiger partial charge on any atom is -0.310 e. The summed E-state index contributed by atoms with van der Waals surface area (Å²) in [4.78, 5) is 2.44. The summed E-state index contributed by atoms with van der Waals surface area (Å²) in [7, 11) is 0. The minimum atomic E-state index is -0.0663. The van der Waals surface area contributed by atoms with Crippen LogP contribution in [-0.2, 0) is 10.8 Å². The van der Waals surface area contributed by atoms with Crippen molar-refractivity contribution in [1.82, 2.24) is 0 Å². The minimum absolute atomic E-state index is 0.0200. The molecule has 0 unspecified atom stereocenters. The fourth-order valence-corrected chi connectivity index (χ4v) is 7.81. The molecule has 0 heterocycles. The lowest BCUT2D eigenvalue weighted by Gasteiger charge is -2.29. The molecular formula is C43H37N. The Balaban J connectivity index is 1.31. The molecule has 0 aliphatic heterocycles.